The summed E-state index contributed by atoms with van der Waals surface area (Å²) >= 11 is 0. The number of hydrogen-bond acceptors (Lipinski definition) is 4. The number of nitrogens with zero attached hydrogens (tertiary/aromatic N) is 2. The number of rotatable bonds is 3. The van der Waals surface area contributed by atoms with Gasteiger partial charge in [-0.25, -0.2) is 0 Å². The summed E-state index contributed by atoms with van der Waals surface area (Å²) in [6.07, 6.45) is 2.94. The molecule has 19 heavy (non-hydrogen) atoms. The van der Waals surface area contributed by atoms with Gasteiger partial charge in [0.15, 0.2) is 0 Å². The van der Waals surface area contributed by atoms with Crippen LogP contribution in [0.4, 0.5) is 0 Å². The molecule has 1 saturated heterocycles. The SMILES string of the molecule is CC(C)(C)n1cc(C(=O)NCC2CNCC2O)cn1. The monoisotopic (exact) mass is 266 g/mol. The third kappa shape index (κ3) is 3.33. The molecular weight excluding hydrogens is 244 g/mol. The van der Waals surface area contributed by atoms with Crippen molar-refractivity contribution in [2.24, 2.45) is 5.92 Å². The zero-order valence-electron chi connectivity index (χ0n) is 11.7. The van der Waals surface area contributed by atoms with Crippen LogP contribution in [0, 0.1) is 5.92 Å². The van der Waals surface area contributed by atoms with E-state index in [2.05, 4.69) is 15.7 Å². The van der Waals surface area contributed by atoms with E-state index in [1.807, 2.05) is 20.8 Å². The predicted molar refractivity (Wildman–Crippen MR) is 71.9 cm³/mol. The first-order valence-corrected chi connectivity index (χ1v) is 6.60. The minimum Gasteiger partial charge on any atom is -0.391 e. The highest BCUT2D eigenvalue weighted by atomic mass is 16.3. The maximum absolute atomic E-state index is 12.0. The van der Waals surface area contributed by atoms with Gasteiger partial charge in [0.25, 0.3) is 5.91 Å². The molecule has 3 N–H and O–H groups in total. The van der Waals surface area contributed by atoms with Gasteiger partial charge in [-0.1, -0.05) is 0 Å². The maximum Gasteiger partial charge on any atom is 0.254 e. The zero-order chi connectivity index (χ0) is 14.0. The van der Waals surface area contributed by atoms with E-state index >= 15 is 0 Å². The number of aliphatic hydroxyl groups is 1. The number of nitrogens with one attached hydrogen (secondary N) is 2. The van der Waals surface area contributed by atoms with Gasteiger partial charge in [-0.05, 0) is 20.8 Å². The lowest BCUT2D eigenvalue weighted by atomic mass is 10.1. The summed E-state index contributed by atoms with van der Waals surface area (Å²) < 4.78 is 1.77. The van der Waals surface area contributed by atoms with Gasteiger partial charge in [0.05, 0.1) is 23.4 Å². The standard InChI is InChI=1S/C13H22N4O2/c1-13(2,3)17-8-10(6-16-17)12(19)15-5-9-4-14-7-11(9)18/h6,8-9,11,14,18H,4-5,7H2,1-3H3,(H,15,19). The van der Waals surface area contributed by atoms with Crippen LogP contribution in [0.15, 0.2) is 12.4 Å². The average molecular weight is 266 g/mol. The van der Waals surface area contributed by atoms with E-state index < -0.39 is 0 Å². The predicted octanol–water partition coefficient (Wildman–Crippen LogP) is -0.0518. The molecule has 1 aromatic rings. The van der Waals surface area contributed by atoms with Crippen molar-refractivity contribution in [3.05, 3.63) is 18.0 Å². The fourth-order valence-electron chi connectivity index (χ4n) is 2.06. The molecule has 0 radical (unpaired) electrons. The van der Waals surface area contributed by atoms with E-state index in [0.717, 1.165) is 6.54 Å². The van der Waals surface area contributed by atoms with Gasteiger partial charge in [0.1, 0.15) is 0 Å². The van der Waals surface area contributed by atoms with E-state index in [0.29, 0.717) is 18.7 Å². The van der Waals surface area contributed by atoms with Crippen molar-refractivity contribution in [3.8, 4) is 0 Å². The first-order chi connectivity index (χ1) is 8.88. The first-order valence-electron chi connectivity index (χ1n) is 6.60. The Morgan fingerprint density at radius 2 is 2.32 bits per heavy atom. The van der Waals surface area contributed by atoms with E-state index in [9.17, 15) is 9.90 Å². The molecule has 2 atom stereocenters. The minimum absolute atomic E-state index is 0.0848. The zero-order valence-corrected chi connectivity index (χ0v) is 11.7. The molecule has 6 nitrogen and oxygen atoms in total. The summed E-state index contributed by atoms with van der Waals surface area (Å²) in [6.45, 7) is 7.91. The van der Waals surface area contributed by atoms with Crippen molar-refractivity contribution in [2.45, 2.75) is 32.4 Å². The number of hydrogen-bond donors (Lipinski definition) is 3. The molecule has 2 heterocycles. The number of amides is 1. The third-order valence-corrected chi connectivity index (χ3v) is 3.36. The number of aromatic nitrogens is 2. The molecule has 2 rings (SSSR count). The van der Waals surface area contributed by atoms with Gasteiger partial charge < -0.3 is 15.7 Å². The van der Waals surface area contributed by atoms with Crippen LogP contribution < -0.4 is 10.6 Å². The van der Waals surface area contributed by atoms with Crippen LogP contribution >= 0.6 is 0 Å². The van der Waals surface area contributed by atoms with Crippen LogP contribution in [0.25, 0.3) is 0 Å². The van der Waals surface area contributed by atoms with Crippen LogP contribution in [-0.2, 0) is 5.54 Å². The Balaban J connectivity index is 1.91. The molecule has 0 saturated carbocycles. The summed E-state index contributed by atoms with van der Waals surface area (Å²) in [7, 11) is 0. The van der Waals surface area contributed by atoms with Crippen molar-refractivity contribution in [1.29, 1.82) is 0 Å². The highest BCUT2D eigenvalue weighted by molar-refractivity contribution is 5.93. The van der Waals surface area contributed by atoms with Gasteiger partial charge in [0.2, 0.25) is 0 Å². The fraction of sp³-hybridized carbons (Fsp3) is 0.692. The molecule has 1 aromatic heterocycles. The van der Waals surface area contributed by atoms with E-state index in [1.165, 1.54) is 0 Å². The lowest BCUT2D eigenvalue weighted by molar-refractivity contribution is 0.0927. The van der Waals surface area contributed by atoms with Gasteiger partial charge in [-0.15, -0.1) is 0 Å². The lowest BCUT2D eigenvalue weighted by Gasteiger charge is -2.18. The van der Waals surface area contributed by atoms with Gasteiger partial charge in [-0.3, -0.25) is 9.48 Å². The molecule has 2 unspecified atom stereocenters. The molecule has 0 bridgehead atoms. The normalized spacial score (nSPS) is 23.6. The largest absolute Gasteiger partial charge is 0.391 e. The highest BCUT2D eigenvalue weighted by Crippen LogP contribution is 2.13. The molecule has 6 heteroatoms. The Kier molecular flexibility index (Phi) is 3.91. The number of carbonyl (C=O) groups is 1. The van der Waals surface area contributed by atoms with Gasteiger partial charge in [-0.2, -0.15) is 5.10 Å². The van der Waals surface area contributed by atoms with E-state index in [1.54, 1.807) is 17.1 Å². The molecule has 0 aliphatic carbocycles. The summed E-state index contributed by atoms with van der Waals surface area (Å²) in [6, 6.07) is 0. The van der Waals surface area contributed by atoms with Crippen LogP contribution in [0.1, 0.15) is 31.1 Å². The Labute approximate surface area is 113 Å². The molecule has 0 spiro atoms. The van der Waals surface area contributed by atoms with Crippen molar-refractivity contribution >= 4 is 5.91 Å². The number of carbonyl (C=O) groups excluding carboxylic acids is 1. The summed E-state index contributed by atoms with van der Waals surface area (Å²) in [5, 5.41) is 19.8. The average Bonchev–Trinajstić information content (AvgIpc) is 2.93. The van der Waals surface area contributed by atoms with Crippen molar-refractivity contribution in [3.63, 3.8) is 0 Å². The van der Waals surface area contributed by atoms with E-state index in [-0.39, 0.29) is 23.5 Å². The lowest BCUT2D eigenvalue weighted by Crippen LogP contribution is -2.34. The van der Waals surface area contributed by atoms with Crippen molar-refractivity contribution in [1.82, 2.24) is 20.4 Å². The topological polar surface area (TPSA) is 79.2 Å². The maximum atomic E-state index is 12.0. The highest BCUT2D eigenvalue weighted by Gasteiger charge is 2.25. The Morgan fingerprint density at radius 3 is 2.84 bits per heavy atom. The third-order valence-electron chi connectivity index (χ3n) is 3.36. The second kappa shape index (κ2) is 5.30. The molecule has 106 valence electrons. The van der Waals surface area contributed by atoms with Crippen LogP contribution in [0.5, 0.6) is 0 Å². The van der Waals surface area contributed by atoms with E-state index in [4.69, 9.17) is 0 Å². The molecule has 1 fully saturated rings. The molecule has 1 amide bonds. The Bertz CT molecular complexity index is 450. The van der Waals surface area contributed by atoms with Crippen LogP contribution in [0.2, 0.25) is 0 Å². The second-order valence-electron chi connectivity index (χ2n) is 6.04. The van der Waals surface area contributed by atoms with Crippen LogP contribution in [-0.4, -0.2) is 46.5 Å². The van der Waals surface area contributed by atoms with Gasteiger partial charge in [0, 0.05) is 31.7 Å². The second-order valence-corrected chi connectivity index (χ2v) is 6.04. The number of aliphatic hydroxyl groups excluding tert-OH is 1. The van der Waals surface area contributed by atoms with Crippen molar-refractivity contribution < 1.29 is 9.90 Å². The quantitative estimate of drug-likeness (QED) is 0.716. The summed E-state index contributed by atoms with van der Waals surface area (Å²) in [4.78, 5) is 12.0. The minimum atomic E-state index is -0.377. The molecule has 1 aliphatic heterocycles. The number of β-amino-alcohol motifs (C(OH)–C–C–N with tert-alkyl or cyclic N) is 1. The fourth-order valence-corrected chi connectivity index (χ4v) is 2.06. The summed E-state index contributed by atoms with van der Waals surface area (Å²) in [5.41, 5.74) is 0.416. The smallest absolute Gasteiger partial charge is 0.254 e. The first kappa shape index (κ1) is 14.0. The molecule has 1 aliphatic rings. The molecular formula is C13H22N4O2. The van der Waals surface area contributed by atoms with Crippen molar-refractivity contribution in [2.75, 3.05) is 19.6 Å². The summed E-state index contributed by atoms with van der Waals surface area (Å²) in [5.74, 6) is -0.0591. The Hall–Kier alpha value is -1.40. The Morgan fingerprint density at radius 1 is 1.58 bits per heavy atom. The molecule has 0 aromatic carbocycles. The van der Waals surface area contributed by atoms with Gasteiger partial charge >= 0.3 is 0 Å². The van der Waals surface area contributed by atoms with Crippen LogP contribution in [0.3, 0.4) is 0 Å².